The number of carboxylic acid groups (broad SMARTS) is 1. The molecule has 21 heavy (non-hydrogen) atoms. The van der Waals surface area contributed by atoms with E-state index in [2.05, 4.69) is 0 Å². The lowest BCUT2D eigenvalue weighted by Gasteiger charge is -2.08. The summed E-state index contributed by atoms with van der Waals surface area (Å²) in [5.41, 5.74) is 1.94. The van der Waals surface area contributed by atoms with Gasteiger partial charge in [0.25, 0.3) is 0 Å². The van der Waals surface area contributed by atoms with Gasteiger partial charge in [0.1, 0.15) is 11.5 Å². The highest BCUT2D eigenvalue weighted by atomic mass is 35.5. The minimum absolute atomic E-state index is 0. The highest BCUT2D eigenvalue weighted by molar-refractivity contribution is 5.94. The SMILES string of the molecule is Cl.O=C(O)c1cc2ccccc2n1Cc1ccc(F)cc1. The lowest BCUT2D eigenvalue weighted by Crippen LogP contribution is -2.09. The monoisotopic (exact) mass is 305 g/mol. The van der Waals surface area contributed by atoms with E-state index < -0.39 is 5.97 Å². The van der Waals surface area contributed by atoms with E-state index in [1.54, 1.807) is 22.8 Å². The Labute approximate surface area is 127 Å². The molecule has 3 rings (SSSR count). The maximum absolute atomic E-state index is 12.9. The molecule has 0 bridgehead atoms. The van der Waals surface area contributed by atoms with Crippen molar-refractivity contribution in [2.24, 2.45) is 0 Å². The van der Waals surface area contributed by atoms with Crippen molar-refractivity contribution in [2.75, 3.05) is 0 Å². The Kier molecular flexibility index (Phi) is 4.29. The summed E-state index contributed by atoms with van der Waals surface area (Å²) >= 11 is 0. The predicted octanol–water partition coefficient (Wildman–Crippen LogP) is 3.95. The van der Waals surface area contributed by atoms with E-state index in [0.29, 0.717) is 6.54 Å². The van der Waals surface area contributed by atoms with Gasteiger partial charge < -0.3 is 9.67 Å². The van der Waals surface area contributed by atoms with Crippen molar-refractivity contribution in [1.29, 1.82) is 0 Å². The van der Waals surface area contributed by atoms with Gasteiger partial charge in [-0.05, 0) is 29.8 Å². The van der Waals surface area contributed by atoms with E-state index in [4.69, 9.17) is 0 Å². The third-order valence-corrected chi connectivity index (χ3v) is 3.28. The summed E-state index contributed by atoms with van der Waals surface area (Å²) in [4.78, 5) is 11.4. The van der Waals surface area contributed by atoms with Crippen LogP contribution in [0.1, 0.15) is 16.1 Å². The van der Waals surface area contributed by atoms with Gasteiger partial charge >= 0.3 is 5.97 Å². The second kappa shape index (κ2) is 5.97. The summed E-state index contributed by atoms with van der Waals surface area (Å²) in [7, 11) is 0. The molecule has 1 aromatic heterocycles. The number of hydrogen-bond acceptors (Lipinski definition) is 1. The van der Waals surface area contributed by atoms with Gasteiger partial charge in [0, 0.05) is 17.4 Å². The Hall–Kier alpha value is -2.33. The van der Waals surface area contributed by atoms with Crippen LogP contribution in [0, 0.1) is 5.82 Å². The zero-order valence-electron chi connectivity index (χ0n) is 11.0. The van der Waals surface area contributed by atoms with Crippen molar-refractivity contribution in [3.63, 3.8) is 0 Å². The average molecular weight is 306 g/mol. The van der Waals surface area contributed by atoms with Crippen molar-refractivity contribution >= 4 is 29.3 Å². The van der Waals surface area contributed by atoms with Gasteiger partial charge in [-0.1, -0.05) is 30.3 Å². The van der Waals surface area contributed by atoms with Crippen LogP contribution in [0.4, 0.5) is 4.39 Å². The molecule has 0 radical (unpaired) electrons. The number of carbonyl (C=O) groups is 1. The Balaban J connectivity index is 0.00000161. The highest BCUT2D eigenvalue weighted by Crippen LogP contribution is 2.21. The first-order valence-electron chi connectivity index (χ1n) is 6.21. The first-order valence-corrected chi connectivity index (χ1v) is 6.21. The summed E-state index contributed by atoms with van der Waals surface area (Å²) < 4.78 is 14.7. The molecule has 2 aromatic carbocycles. The molecule has 5 heteroatoms. The average Bonchev–Trinajstić information content (AvgIpc) is 2.81. The van der Waals surface area contributed by atoms with E-state index >= 15 is 0 Å². The van der Waals surface area contributed by atoms with Crippen LogP contribution in [0.3, 0.4) is 0 Å². The van der Waals surface area contributed by atoms with Crippen molar-refractivity contribution < 1.29 is 14.3 Å². The standard InChI is InChI=1S/C16H12FNO2.ClH/c17-13-7-5-11(6-8-13)10-18-14-4-2-1-3-12(14)9-15(18)16(19)20;/h1-9H,10H2,(H,19,20);1H. The Bertz CT molecular complexity index is 781. The minimum atomic E-state index is -0.969. The molecule has 108 valence electrons. The van der Waals surface area contributed by atoms with Gasteiger partial charge in [-0.2, -0.15) is 0 Å². The van der Waals surface area contributed by atoms with Crippen LogP contribution >= 0.6 is 12.4 Å². The molecule has 0 saturated carbocycles. The third-order valence-electron chi connectivity index (χ3n) is 3.28. The van der Waals surface area contributed by atoms with Gasteiger partial charge in [0.15, 0.2) is 0 Å². The molecule has 1 heterocycles. The van der Waals surface area contributed by atoms with Crippen LogP contribution < -0.4 is 0 Å². The number of halogens is 2. The Morgan fingerprint density at radius 1 is 1.10 bits per heavy atom. The first kappa shape index (κ1) is 15.1. The van der Waals surface area contributed by atoms with Crippen molar-refractivity contribution in [2.45, 2.75) is 6.54 Å². The highest BCUT2D eigenvalue weighted by Gasteiger charge is 2.14. The van der Waals surface area contributed by atoms with E-state index in [9.17, 15) is 14.3 Å². The molecule has 3 aromatic rings. The Morgan fingerprint density at radius 2 is 1.76 bits per heavy atom. The fourth-order valence-electron chi connectivity index (χ4n) is 2.33. The van der Waals surface area contributed by atoms with E-state index in [-0.39, 0.29) is 23.9 Å². The molecule has 0 aliphatic carbocycles. The number of hydrogen-bond donors (Lipinski definition) is 1. The van der Waals surface area contributed by atoms with Crippen LogP contribution in [-0.2, 0) is 6.54 Å². The van der Waals surface area contributed by atoms with Crippen LogP contribution in [0.25, 0.3) is 10.9 Å². The molecule has 0 spiro atoms. The fraction of sp³-hybridized carbons (Fsp3) is 0.0625. The van der Waals surface area contributed by atoms with Crippen molar-refractivity contribution in [1.82, 2.24) is 4.57 Å². The molecular weight excluding hydrogens is 293 g/mol. The van der Waals surface area contributed by atoms with Crippen LogP contribution in [0.15, 0.2) is 54.6 Å². The number of fused-ring (bicyclic) bond motifs is 1. The van der Waals surface area contributed by atoms with Crippen LogP contribution in [-0.4, -0.2) is 15.6 Å². The molecule has 0 amide bonds. The molecule has 0 saturated heterocycles. The lowest BCUT2D eigenvalue weighted by molar-refractivity contribution is 0.0686. The minimum Gasteiger partial charge on any atom is -0.477 e. The number of nitrogens with zero attached hydrogens (tertiary/aromatic N) is 1. The third kappa shape index (κ3) is 2.90. The molecule has 0 unspecified atom stereocenters. The smallest absolute Gasteiger partial charge is 0.352 e. The molecule has 0 atom stereocenters. The molecular formula is C16H13ClFNO2. The van der Waals surface area contributed by atoms with Crippen LogP contribution in [0.5, 0.6) is 0 Å². The summed E-state index contributed by atoms with van der Waals surface area (Å²) in [5, 5.41) is 10.2. The number of aromatic carboxylic acids is 1. The summed E-state index contributed by atoms with van der Waals surface area (Å²) in [6.45, 7) is 0.398. The Morgan fingerprint density at radius 3 is 2.43 bits per heavy atom. The largest absolute Gasteiger partial charge is 0.477 e. The molecule has 0 fully saturated rings. The first-order chi connectivity index (χ1) is 9.65. The molecule has 3 nitrogen and oxygen atoms in total. The number of carboxylic acids is 1. The quantitative estimate of drug-likeness (QED) is 0.796. The lowest BCUT2D eigenvalue weighted by atomic mass is 10.2. The fourth-order valence-corrected chi connectivity index (χ4v) is 2.33. The van der Waals surface area contributed by atoms with Gasteiger partial charge in [-0.3, -0.25) is 0 Å². The van der Waals surface area contributed by atoms with E-state index in [1.807, 2.05) is 24.3 Å². The van der Waals surface area contributed by atoms with Gasteiger partial charge in [-0.25, -0.2) is 9.18 Å². The van der Waals surface area contributed by atoms with Gasteiger partial charge in [0.05, 0.1) is 0 Å². The zero-order chi connectivity index (χ0) is 14.1. The summed E-state index contributed by atoms with van der Waals surface area (Å²) in [6.07, 6.45) is 0. The summed E-state index contributed by atoms with van der Waals surface area (Å²) in [5.74, 6) is -1.27. The van der Waals surface area contributed by atoms with Crippen molar-refractivity contribution in [3.05, 3.63) is 71.7 Å². The number of para-hydroxylation sites is 1. The van der Waals surface area contributed by atoms with Gasteiger partial charge in [-0.15, -0.1) is 12.4 Å². The number of benzene rings is 2. The molecule has 0 aliphatic heterocycles. The zero-order valence-corrected chi connectivity index (χ0v) is 11.8. The second-order valence-corrected chi connectivity index (χ2v) is 4.61. The van der Waals surface area contributed by atoms with Crippen LogP contribution in [0.2, 0.25) is 0 Å². The topological polar surface area (TPSA) is 42.2 Å². The van der Waals surface area contributed by atoms with E-state index in [0.717, 1.165) is 16.5 Å². The van der Waals surface area contributed by atoms with E-state index in [1.165, 1.54) is 12.1 Å². The second-order valence-electron chi connectivity index (χ2n) is 4.61. The molecule has 0 aliphatic rings. The van der Waals surface area contributed by atoms with Gasteiger partial charge in [0.2, 0.25) is 0 Å². The maximum atomic E-state index is 12.9. The molecule has 1 N–H and O–H groups in total. The number of rotatable bonds is 3. The number of aromatic nitrogens is 1. The maximum Gasteiger partial charge on any atom is 0.352 e. The summed E-state index contributed by atoms with van der Waals surface area (Å²) in [6, 6.07) is 15.2. The van der Waals surface area contributed by atoms with Crippen molar-refractivity contribution in [3.8, 4) is 0 Å². The predicted molar refractivity (Wildman–Crippen MR) is 81.6 cm³/mol. The normalized spacial score (nSPS) is 10.3.